The first-order chi connectivity index (χ1) is 6.61. The van der Waals surface area contributed by atoms with Crippen LogP contribution in [0.3, 0.4) is 0 Å². The van der Waals surface area contributed by atoms with E-state index in [0.717, 1.165) is 5.56 Å². The average Bonchev–Trinajstić information content (AvgIpc) is 2.12. The number of carbonyl (C=O) groups is 1. The number of nitrogens with one attached hydrogen (secondary N) is 1. The highest BCUT2D eigenvalue weighted by Gasteiger charge is 2.01. The monoisotopic (exact) mass is 232 g/mol. The van der Waals surface area contributed by atoms with Crippen LogP contribution in [0.2, 0.25) is 10.0 Å². The molecule has 1 N–H and O–H groups in total. The van der Waals surface area contributed by atoms with Gasteiger partial charge >= 0.3 is 6.09 Å². The van der Waals surface area contributed by atoms with Crippen molar-refractivity contribution in [3.05, 3.63) is 40.9 Å². The van der Waals surface area contributed by atoms with Crippen LogP contribution in [-0.4, -0.2) is 6.09 Å². The summed E-state index contributed by atoms with van der Waals surface area (Å²) in [6, 6.07) is 4.95. The summed E-state index contributed by atoms with van der Waals surface area (Å²) in [5.74, 6) is 0. The van der Waals surface area contributed by atoms with Gasteiger partial charge in [-0.25, -0.2) is 4.79 Å². The van der Waals surface area contributed by atoms with E-state index in [-0.39, 0.29) is 6.61 Å². The van der Waals surface area contributed by atoms with Crippen molar-refractivity contribution < 1.29 is 9.53 Å². The maximum Gasteiger partial charge on any atom is 0.407 e. The molecular weight excluding hydrogens is 225 g/mol. The predicted octanol–water partition coefficient (Wildman–Crippen LogP) is 3.01. The predicted molar refractivity (Wildman–Crippen MR) is 55.1 cm³/mol. The molecule has 0 saturated heterocycles. The summed E-state index contributed by atoms with van der Waals surface area (Å²) < 4.78 is 4.76. The van der Waals surface area contributed by atoms with Crippen molar-refractivity contribution in [1.82, 2.24) is 5.32 Å². The van der Waals surface area contributed by atoms with Gasteiger partial charge in [-0.1, -0.05) is 23.2 Å². The summed E-state index contributed by atoms with van der Waals surface area (Å²) in [6.45, 7) is 0.113. The van der Waals surface area contributed by atoms with E-state index in [9.17, 15) is 4.79 Å². The van der Waals surface area contributed by atoms with Crippen molar-refractivity contribution in [2.24, 2.45) is 0 Å². The Kier molecular flexibility index (Phi) is 4.04. The molecule has 14 heavy (non-hydrogen) atoms. The molecule has 0 bridgehead atoms. The number of amides is 1. The molecule has 3 nitrogen and oxygen atoms in total. The Morgan fingerprint density at radius 2 is 1.93 bits per heavy atom. The highest BCUT2D eigenvalue weighted by molar-refractivity contribution is 6.34. The lowest BCUT2D eigenvalue weighted by Gasteiger charge is -2.04. The van der Waals surface area contributed by atoms with Crippen LogP contribution in [0.15, 0.2) is 18.2 Å². The Morgan fingerprint density at radius 1 is 1.36 bits per heavy atom. The van der Waals surface area contributed by atoms with Crippen LogP contribution in [0.25, 0.3) is 0 Å². The zero-order chi connectivity index (χ0) is 10.6. The summed E-state index contributed by atoms with van der Waals surface area (Å²) in [5.41, 5.74) is 0.728. The molecule has 0 heterocycles. The fraction of sp³-hybridized carbons (Fsp3) is 0.111. The van der Waals surface area contributed by atoms with E-state index < -0.39 is 6.09 Å². The van der Waals surface area contributed by atoms with Crippen molar-refractivity contribution in [2.75, 3.05) is 0 Å². The highest BCUT2D eigenvalue weighted by atomic mass is 35.5. The van der Waals surface area contributed by atoms with E-state index in [0.29, 0.717) is 10.0 Å². The Morgan fingerprint density at radius 3 is 2.43 bits per heavy atom. The summed E-state index contributed by atoms with van der Waals surface area (Å²) in [7, 11) is 3.16. The third kappa shape index (κ3) is 3.44. The van der Waals surface area contributed by atoms with Crippen LogP contribution in [-0.2, 0) is 11.3 Å². The molecule has 1 amide bonds. The molecule has 0 fully saturated rings. The summed E-state index contributed by atoms with van der Waals surface area (Å²) in [6.07, 6.45) is -0.596. The van der Waals surface area contributed by atoms with E-state index >= 15 is 0 Å². The lowest BCUT2D eigenvalue weighted by molar-refractivity contribution is 0.143. The minimum absolute atomic E-state index is 0.113. The highest BCUT2D eigenvalue weighted by Crippen LogP contribution is 2.19. The van der Waals surface area contributed by atoms with Gasteiger partial charge in [0.15, 0.2) is 0 Å². The van der Waals surface area contributed by atoms with Crippen LogP contribution < -0.4 is 5.32 Å². The average molecular weight is 233 g/mol. The van der Waals surface area contributed by atoms with Crippen molar-refractivity contribution in [1.29, 1.82) is 0 Å². The van der Waals surface area contributed by atoms with Gasteiger partial charge in [0.1, 0.15) is 6.61 Å². The second kappa shape index (κ2) is 5.08. The maximum absolute atomic E-state index is 10.7. The van der Waals surface area contributed by atoms with Crippen LogP contribution in [0, 0.1) is 7.05 Å². The number of hydrogen-bond acceptors (Lipinski definition) is 2. The van der Waals surface area contributed by atoms with Gasteiger partial charge in [-0.3, -0.25) is 0 Å². The van der Waals surface area contributed by atoms with Gasteiger partial charge in [0.05, 0.1) is 0 Å². The SMILES string of the molecule is [CH2]NC(=O)OCc1cc(Cl)cc(Cl)c1. The number of ether oxygens (including phenoxy) is 1. The summed E-state index contributed by atoms with van der Waals surface area (Å²) >= 11 is 11.5. The number of hydrogen-bond donors (Lipinski definition) is 1. The normalized spacial score (nSPS) is 9.64. The molecule has 1 radical (unpaired) electrons. The second-order valence-electron chi connectivity index (χ2n) is 2.53. The van der Waals surface area contributed by atoms with Crippen LogP contribution in [0.5, 0.6) is 0 Å². The first-order valence-corrected chi connectivity index (χ1v) is 4.52. The summed E-state index contributed by atoms with van der Waals surface area (Å²) in [5, 5.41) is 3.10. The van der Waals surface area contributed by atoms with Crippen LogP contribution in [0.1, 0.15) is 5.56 Å². The largest absolute Gasteiger partial charge is 0.445 e. The fourth-order valence-corrected chi connectivity index (χ4v) is 1.47. The van der Waals surface area contributed by atoms with E-state index in [4.69, 9.17) is 27.9 Å². The number of benzene rings is 1. The minimum atomic E-state index is -0.596. The van der Waals surface area contributed by atoms with Gasteiger partial charge in [-0.2, -0.15) is 0 Å². The molecule has 0 aromatic heterocycles. The molecule has 0 saturated carbocycles. The van der Waals surface area contributed by atoms with Gasteiger partial charge in [0.25, 0.3) is 0 Å². The van der Waals surface area contributed by atoms with Gasteiger partial charge < -0.3 is 10.1 Å². The lowest BCUT2D eigenvalue weighted by atomic mass is 10.2. The zero-order valence-electron chi connectivity index (χ0n) is 7.22. The Hall–Kier alpha value is -0.930. The minimum Gasteiger partial charge on any atom is -0.445 e. The standard InChI is InChI=1S/C9H8Cl2NO2/c1-12-9(13)14-5-6-2-7(10)4-8(11)3-6/h2-4H,1,5H2,(H,12,13). The molecule has 0 unspecified atom stereocenters. The molecular formula is C9H8Cl2NO2. The topological polar surface area (TPSA) is 38.3 Å². The quantitative estimate of drug-likeness (QED) is 0.852. The molecule has 0 aliphatic rings. The molecule has 1 aromatic rings. The second-order valence-corrected chi connectivity index (χ2v) is 3.40. The third-order valence-electron chi connectivity index (χ3n) is 1.44. The Bertz CT molecular complexity index is 321. The van der Waals surface area contributed by atoms with Crippen molar-refractivity contribution in [3.8, 4) is 0 Å². The first-order valence-electron chi connectivity index (χ1n) is 3.76. The van der Waals surface area contributed by atoms with Crippen molar-refractivity contribution in [3.63, 3.8) is 0 Å². The van der Waals surface area contributed by atoms with E-state index in [1.54, 1.807) is 18.2 Å². The smallest absolute Gasteiger partial charge is 0.407 e. The van der Waals surface area contributed by atoms with Gasteiger partial charge in [-0.05, 0) is 23.8 Å². The molecule has 1 aromatic carbocycles. The number of alkyl carbamates (subject to hydrolysis) is 1. The molecule has 0 spiro atoms. The van der Waals surface area contributed by atoms with Gasteiger partial charge in [0, 0.05) is 17.1 Å². The Labute approximate surface area is 92.0 Å². The summed E-state index contributed by atoms with van der Waals surface area (Å²) in [4.78, 5) is 10.7. The van der Waals surface area contributed by atoms with Gasteiger partial charge in [0.2, 0.25) is 0 Å². The molecule has 0 aliphatic heterocycles. The fourth-order valence-electron chi connectivity index (χ4n) is 0.894. The number of halogens is 2. The first kappa shape index (κ1) is 11.1. The zero-order valence-corrected chi connectivity index (χ0v) is 8.73. The molecule has 0 aliphatic carbocycles. The number of carbonyl (C=O) groups excluding carboxylic acids is 1. The van der Waals surface area contributed by atoms with Crippen molar-refractivity contribution in [2.45, 2.75) is 6.61 Å². The maximum atomic E-state index is 10.7. The van der Waals surface area contributed by atoms with Crippen LogP contribution >= 0.6 is 23.2 Å². The molecule has 0 atom stereocenters. The lowest BCUT2D eigenvalue weighted by Crippen LogP contribution is -2.16. The van der Waals surface area contributed by atoms with Gasteiger partial charge in [-0.15, -0.1) is 0 Å². The Balaban J connectivity index is 2.63. The van der Waals surface area contributed by atoms with E-state index in [2.05, 4.69) is 12.4 Å². The molecule has 1 rings (SSSR count). The van der Waals surface area contributed by atoms with E-state index in [1.165, 1.54) is 0 Å². The third-order valence-corrected chi connectivity index (χ3v) is 1.87. The molecule has 75 valence electrons. The molecule has 5 heteroatoms. The van der Waals surface area contributed by atoms with Crippen LogP contribution in [0.4, 0.5) is 4.79 Å². The number of rotatable bonds is 2. The van der Waals surface area contributed by atoms with E-state index in [1.807, 2.05) is 0 Å². The van der Waals surface area contributed by atoms with Crippen molar-refractivity contribution >= 4 is 29.3 Å².